The molecule has 0 unspecified atom stereocenters. The molecule has 1 N–H and O–H groups in total. The maximum absolute atomic E-state index is 5.87. The molecule has 0 aliphatic heterocycles. The summed E-state index contributed by atoms with van der Waals surface area (Å²) >= 11 is 5.87. The van der Waals surface area contributed by atoms with Crippen molar-refractivity contribution in [2.24, 2.45) is 0 Å². The summed E-state index contributed by atoms with van der Waals surface area (Å²) in [6.07, 6.45) is 3.14. The smallest absolute Gasteiger partial charge is 0.180 e. The number of halogens is 1. The first-order valence-electron chi connectivity index (χ1n) is 5.34. The highest BCUT2D eigenvalue weighted by atomic mass is 35.5. The minimum atomic E-state index is 0.330. The van der Waals surface area contributed by atoms with Crippen LogP contribution in [0.1, 0.15) is 5.82 Å². The molecule has 90 valence electrons. The minimum Gasteiger partial charge on any atom is -0.486 e. The van der Waals surface area contributed by atoms with Crippen molar-refractivity contribution in [3.63, 3.8) is 0 Å². The zero-order valence-corrected chi connectivity index (χ0v) is 10.1. The molecule has 18 heavy (non-hydrogen) atoms. The van der Waals surface area contributed by atoms with E-state index in [1.807, 2.05) is 12.1 Å². The van der Waals surface area contributed by atoms with Crippen molar-refractivity contribution in [3.8, 4) is 5.75 Å². The van der Waals surface area contributed by atoms with E-state index in [9.17, 15) is 0 Å². The third kappa shape index (κ3) is 2.26. The molecule has 0 saturated heterocycles. The molecule has 2 aromatic heterocycles. The Bertz CT molecular complexity index is 649. The minimum absolute atomic E-state index is 0.330. The summed E-state index contributed by atoms with van der Waals surface area (Å²) in [7, 11) is 0. The van der Waals surface area contributed by atoms with E-state index in [2.05, 4.69) is 19.9 Å². The van der Waals surface area contributed by atoms with Crippen molar-refractivity contribution >= 4 is 22.8 Å². The highest BCUT2D eigenvalue weighted by Gasteiger charge is 2.04. The number of aromatic amines is 1. The molecular weight excluding hydrogens is 252 g/mol. The highest BCUT2D eigenvalue weighted by Crippen LogP contribution is 2.18. The lowest BCUT2D eigenvalue weighted by Gasteiger charge is -2.03. The zero-order chi connectivity index (χ0) is 12.4. The van der Waals surface area contributed by atoms with Crippen LogP contribution in [0.2, 0.25) is 5.02 Å². The Kier molecular flexibility index (Phi) is 2.82. The topological polar surface area (TPSA) is 63.7 Å². The average Bonchev–Trinajstić information content (AvgIpc) is 2.79. The predicted molar refractivity (Wildman–Crippen MR) is 67.5 cm³/mol. The van der Waals surface area contributed by atoms with Crippen molar-refractivity contribution in [1.29, 1.82) is 0 Å². The van der Waals surface area contributed by atoms with E-state index in [1.165, 1.54) is 6.33 Å². The number of H-pyrrole nitrogens is 1. The fourth-order valence-corrected chi connectivity index (χ4v) is 1.77. The number of fused-ring (bicyclic) bond motifs is 1. The Labute approximate surface area is 108 Å². The number of nitrogens with one attached hydrogen (secondary N) is 1. The molecule has 5 nitrogen and oxygen atoms in total. The summed E-state index contributed by atoms with van der Waals surface area (Å²) in [5.41, 5.74) is 1.43. The molecular formula is C12H9ClN4O. The van der Waals surface area contributed by atoms with Crippen LogP contribution >= 0.6 is 11.6 Å². The highest BCUT2D eigenvalue weighted by molar-refractivity contribution is 6.30. The monoisotopic (exact) mass is 260 g/mol. The quantitative estimate of drug-likeness (QED) is 0.786. The van der Waals surface area contributed by atoms with Crippen molar-refractivity contribution in [2.75, 3.05) is 0 Å². The van der Waals surface area contributed by atoms with Gasteiger partial charge in [0.05, 0.1) is 6.20 Å². The van der Waals surface area contributed by atoms with Gasteiger partial charge in [0.25, 0.3) is 0 Å². The maximum Gasteiger partial charge on any atom is 0.180 e. The molecule has 0 bridgehead atoms. The van der Waals surface area contributed by atoms with Gasteiger partial charge >= 0.3 is 0 Å². The van der Waals surface area contributed by atoms with Crippen LogP contribution in [0.3, 0.4) is 0 Å². The first kappa shape index (κ1) is 11.0. The molecule has 1 aromatic carbocycles. The van der Waals surface area contributed by atoms with Gasteiger partial charge < -0.3 is 9.72 Å². The Morgan fingerprint density at radius 2 is 2.28 bits per heavy atom. The van der Waals surface area contributed by atoms with Gasteiger partial charge in [0, 0.05) is 5.02 Å². The number of aromatic nitrogens is 4. The van der Waals surface area contributed by atoms with Gasteiger partial charge in [-0.25, -0.2) is 15.0 Å². The summed E-state index contributed by atoms with van der Waals surface area (Å²) in [5.74, 6) is 1.40. The van der Waals surface area contributed by atoms with Gasteiger partial charge in [-0.15, -0.1) is 0 Å². The van der Waals surface area contributed by atoms with Crippen LogP contribution in [0, 0.1) is 0 Å². The van der Waals surface area contributed by atoms with Crippen LogP contribution in [-0.2, 0) is 6.61 Å². The molecule has 0 spiro atoms. The maximum atomic E-state index is 5.87. The number of nitrogens with zero attached hydrogens (tertiary/aromatic N) is 3. The molecule has 0 amide bonds. The van der Waals surface area contributed by atoms with E-state index >= 15 is 0 Å². The van der Waals surface area contributed by atoms with Crippen LogP contribution in [0.25, 0.3) is 11.2 Å². The number of hydrogen-bond donors (Lipinski definition) is 1. The lowest BCUT2D eigenvalue weighted by atomic mass is 10.3. The molecule has 2 heterocycles. The third-order valence-corrected chi connectivity index (χ3v) is 2.62. The molecule has 3 rings (SSSR count). The third-order valence-electron chi connectivity index (χ3n) is 2.38. The second-order valence-electron chi connectivity index (χ2n) is 3.69. The molecule has 0 fully saturated rings. The standard InChI is InChI=1S/C12H9ClN4O/c13-8-2-1-3-9(4-8)18-6-11-16-10-5-14-7-15-12(10)17-11/h1-5,7H,6H2,(H,14,15,16,17). The van der Waals surface area contributed by atoms with Crippen LogP contribution in [0.4, 0.5) is 0 Å². The SMILES string of the molecule is Clc1cccc(OCc2nc3ncncc3[nH]2)c1. The first-order valence-corrected chi connectivity index (χ1v) is 5.72. The summed E-state index contributed by atoms with van der Waals surface area (Å²) in [6.45, 7) is 0.330. The van der Waals surface area contributed by atoms with Crippen molar-refractivity contribution in [3.05, 3.63) is 47.6 Å². The zero-order valence-electron chi connectivity index (χ0n) is 9.30. The normalized spacial score (nSPS) is 10.7. The van der Waals surface area contributed by atoms with E-state index in [0.717, 1.165) is 5.52 Å². The lowest BCUT2D eigenvalue weighted by molar-refractivity contribution is 0.297. The number of rotatable bonds is 3. The molecule has 0 radical (unpaired) electrons. The molecule has 0 atom stereocenters. The van der Waals surface area contributed by atoms with E-state index < -0.39 is 0 Å². The molecule has 0 saturated carbocycles. The van der Waals surface area contributed by atoms with Crippen molar-refractivity contribution in [2.45, 2.75) is 6.61 Å². The molecule has 0 aliphatic rings. The second-order valence-corrected chi connectivity index (χ2v) is 4.13. The second kappa shape index (κ2) is 4.62. The largest absolute Gasteiger partial charge is 0.486 e. The van der Waals surface area contributed by atoms with Gasteiger partial charge in [0.15, 0.2) is 5.65 Å². The summed E-state index contributed by atoms with van der Waals surface area (Å²) in [5, 5.41) is 0.642. The van der Waals surface area contributed by atoms with Gasteiger partial charge in [-0.2, -0.15) is 0 Å². The van der Waals surface area contributed by atoms with Gasteiger partial charge in [-0.1, -0.05) is 17.7 Å². The van der Waals surface area contributed by atoms with E-state index in [1.54, 1.807) is 18.3 Å². The van der Waals surface area contributed by atoms with Gasteiger partial charge in [0.2, 0.25) is 0 Å². The van der Waals surface area contributed by atoms with Crippen LogP contribution < -0.4 is 4.74 Å². The molecule has 0 aliphatic carbocycles. The fourth-order valence-electron chi connectivity index (χ4n) is 1.59. The van der Waals surface area contributed by atoms with Gasteiger partial charge in [-0.3, -0.25) is 0 Å². The van der Waals surface area contributed by atoms with E-state index in [4.69, 9.17) is 16.3 Å². The number of imidazole rings is 1. The predicted octanol–water partition coefficient (Wildman–Crippen LogP) is 2.59. The van der Waals surface area contributed by atoms with Gasteiger partial charge in [0.1, 0.15) is 30.0 Å². The lowest BCUT2D eigenvalue weighted by Crippen LogP contribution is -1.97. The first-order chi connectivity index (χ1) is 8.81. The Hall–Kier alpha value is -2.14. The van der Waals surface area contributed by atoms with Crippen molar-refractivity contribution in [1.82, 2.24) is 19.9 Å². The molecule has 3 aromatic rings. The van der Waals surface area contributed by atoms with E-state index in [0.29, 0.717) is 28.9 Å². The Morgan fingerprint density at radius 3 is 3.11 bits per heavy atom. The van der Waals surface area contributed by atoms with Crippen molar-refractivity contribution < 1.29 is 4.74 Å². The molecule has 6 heteroatoms. The summed E-state index contributed by atoms with van der Waals surface area (Å²) in [6, 6.07) is 7.23. The Morgan fingerprint density at radius 1 is 1.33 bits per heavy atom. The number of hydrogen-bond acceptors (Lipinski definition) is 4. The Balaban J connectivity index is 1.76. The van der Waals surface area contributed by atoms with Crippen LogP contribution in [0.5, 0.6) is 5.75 Å². The summed E-state index contributed by atoms with van der Waals surface area (Å²) < 4.78 is 5.58. The van der Waals surface area contributed by atoms with Crippen LogP contribution in [-0.4, -0.2) is 19.9 Å². The van der Waals surface area contributed by atoms with E-state index in [-0.39, 0.29) is 0 Å². The summed E-state index contributed by atoms with van der Waals surface area (Å²) in [4.78, 5) is 15.3. The number of ether oxygens (including phenoxy) is 1. The van der Waals surface area contributed by atoms with Gasteiger partial charge in [-0.05, 0) is 18.2 Å². The number of benzene rings is 1. The fraction of sp³-hybridized carbons (Fsp3) is 0.0833. The average molecular weight is 261 g/mol. The van der Waals surface area contributed by atoms with Crippen LogP contribution in [0.15, 0.2) is 36.8 Å².